The smallest absolute Gasteiger partial charge is 0.230 e. The molecule has 0 saturated heterocycles. The minimum absolute atomic E-state index is 0.0608. The Morgan fingerprint density at radius 1 is 1.07 bits per heavy atom. The van der Waals surface area contributed by atoms with Crippen molar-refractivity contribution in [1.82, 2.24) is 20.1 Å². The van der Waals surface area contributed by atoms with Crippen LogP contribution in [0.1, 0.15) is 17.0 Å². The second-order valence-corrected chi connectivity index (χ2v) is 7.45. The molecule has 146 valence electrons. The summed E-state index contributed by atoms with van der Waals surface area (Å²) in [5, 5.41) is 11.9. The molecule has 0 aliphatic heterocycles. The highest BCUT2D eigenvalue weighted by molar-refractivity contribution is 7.99. The van der Waals surface area contributed by atoms with Crippen molar-refractivity contribution >= 4 is 17.7 Å². The largest absolute Gasteiger partial charge is 0.492 e. The van der Waals surface area contributed by atoms with Crippen LogP contribution < -0.4 is 10.1 Å². The van der Waals surface area contributed by atoms with Gasteiger partial charge in [-0.05, 0) is 56.2 Å². The molecule has 0 aliphatic rings. The fourth-order valence-electron chi connectivity index (χ4n) is 2.75. The van der Waals surface area contributed by atoms with Crippen LogP contribution in [0.25, 0.3) is 5.69 Å². The Morgan fingerprint density at radius 2 is 1.82 bits per heavy atom. The summed E-state index contributed by atoms with van der Waals surface area (Å²) in [6.07, 6.45) is 0. The number of aromatic nitrogens is 3. The number of aryl methyl sites for hydroxylation is 3. The number of thioether (sulfide) groups is 1. The van der Waals surface area contributed by atoms with E-state index in [1.54, 1.807) is 0 Å². The van der Waals surface area contributed by atoms with Gasteiger partial charge in [0.1, 0.15) is 18.2 Å². The van der Waals surface area contributed by atoms with Crippen LogP contribution in [0.3, 0.4) is 0 Å². The van der Waals surface area contributed by atoms with Crippen molar-refractivity contribution in [2.75, 3.05) is 18.9 Å². The molecule has 0 aliphatic carbocycles. The minimum atomic E-state index is -0.0608. The van der Waals surface area contributed by atoms with Crippen LogP contribution in [0, 0.1) is 20.8 Å². The lowest BCUT2D eigenvalue weighted by Crippen LogP contribution is -2.29. The fourth-order valence-corrected chi connectivity index (χ4v) is 3.57. The van der Waals surface area contributed by atoms with E-state index in [1.165, 1.54) is 11.8 Å². The Hall–Kier alpha value is -2.80. The maximum absolute atomic E-state index is 12.1. The Labute approximate surface area is 169 Å². The highest BCUT2D eigenvalue weighted by Crippen LogP contribution is 2.22. The summed E-state index contributed by atoms with van der Waals surface area (Å²) in [5.74, 6) is 1.81. The van der Waals surface area contributed by atoms with Crippen molar-refractivity contribution in [1.29, 1.82) is 0 Å². The summed E-state index contributed by atoms with van der Waals surface area (Å²) in [6.45, 7) is 6.85. The van der Waals surface area contributed by atoms with Gasteiger partial charge in [-0.25, -0.2) is 0 Å². The molecule has 0 fully saturated rings. The van der Waals surface area contributed by atoms with Crippen LogP contribution in [0.15, 0.2) is 53.7 Å². The molecule has 0 saturated carbocycles. The van der Waals surface area contributed by atoms with Crippen molar-refractivity contribution in [2.45, 2.75) is 25.9 Å². The van der Waals surface area contributed by atoms with Crippen LogP contribution in [0.4, 0.5) is 0 Å². The Kier molecular flexibility index (Phi) is 6.71. The van der Waals surface area contributed by atoms with Gasteiger partial charge in [0.05, 0.1) is 12.3 Å². The molecular weight excluding hydrogens is 372 g/mol. The number of benzene rings is 2. The molecule has 0 unspecified atom stereocenters. The molecule has 7 heteroatoms. The number of hydrogen-bond acceptors (Lipinski definition) is 5. The van der Waals surface area contributed by atoms with Crippen molar-refractivity contribution in [3.8, 4) is 11.4 Å². The number of carbonyl (C=O) groups is 1. The molecule has 0 spiro atoms. The zero-order valence-corrected chi connectivity index (χ0v) is 17.1. The SMILES string of the molecule is Cc1cccc(OCCNC(=O)CSc2nnc(C)n2-c2cccc(C)c2)c1. The van der Waals surface area contributed by atoms with E-state index in [0.29, 0.717) is 18.3 Å². The summed E-state index contributed by atoms with van der Waals surface area (Å²) < 4.78 is 7.61. The van der Waals surface area contributed by atoms with E-state index in [4.69, 9.17) is 4.74 Å². The van der Waals surface area contributed by atoms with Gasteiger partial charge in [0.25, 0.3) is 0 Å². The number of carbonyl (C=O) groups excluding carboxylic acids is 1. The Bertz CT molecular complexity index is 955. The molecule has 2 aromatic carbocycles. The quantitative estimate of drug-likeness (QED) is 0.466. The summed E-state index contributed by atoms with van der Waals surface area (Å²) in [6, 6.07) is 16.0. The number of ether oxygens (including phenoxy) is 1. The third-order valence-electron chi connectivity index (χ3n) is 4.07. The second kappa shape index (κ2) is 9.41. The fraction of sp³-hybridized carbons (Fsp3) is 0.286. The van der Waals surface area contributed by atoms with E-state index in [0.717, 1.165) is 28.4 Å². The maximum Gasteiger partial charge on any atom is 0.230 e. The van der Waals surface area contributed by atoms with E-state index >= 15 is 0 Å². The number of nitrogens with zero attached hydrogens (tertiary/aromatic N) is 3. The monoisotopic (exact) mass is 396 g/mol. The molecule has 0 atom stereocenters. The van der Waals surface area contributed by atoms with Crippen molar-refractivity contribution < 1.29 is 9.53 Å². The van der Waals surface area contributed by atoms with Crippen LogP contribution in [-0.4, -0.2) is 39.6 Å². The number of hydrogen-bond donors (Lipinski definition) is 1. The van der Waals surface area contributed by atoms with E-state index in [2.05, 4.69) is 21.6 Å². The first-order valence-electron chi connectivity index (χ1n) is 9.11. The maximum atomic E-state index is 12.1. The van der Waals surface area contributed by atoms with Gasteiger partial charge >= 0.3 is 0 Å². The Morgan fingerprint density at radius 3 is 2.57 bits per heavy atom. The van der Waals surface area contributed by atoms with E-state index in [1.807, 2.05) is 67.8 Å². The number of nitrogens with one attached hydrogen (secondary N) is 1. The first-order chi connectivity index (χ1) is 13.5. The molecule has 3 rings (SSSR count). The summed E-state index contributed by atoms with van der Waals surface area (Å²) >= 11 is 1.37. The third-order valence-corrected chi connectivity index (χ3v) is 5.00. The van der Waals surface area contributed by atoms with Crippen LogP contribution >= 0.6 is 11.8 Å². The topological polar surface area (TPSA) is 69.0 Å². The predicted octanol–water partition coefficient (Wildman–Crippen LogP) is 3.48. The van der Waals surface area contributed by atoms with Gasteiger partial charge in [0.15, 0.2) is 5.16 Å². The lowest BCUT2D eigenvalue weighted by Gasteiger charge is -2.10. The van der Waals surface area contributed by atoms with Crippen LogP contribution in [0.5, 0.6) is 5.75 Å². The molecular formula is C21H24N4O2S. The van der Waals surface area contributed by atoms with Crippen molar-refractivity contribution in [3.05, 3.63) is 65.5 Å². The molecule has 6 nitrogen and oxygen atoms in total. The zero-order chi connectivity index (χ0) is 19.9. The summed E-state index contributed by atoms with van der Waals surface area (Å²) in [5.41, 5.74) is 3.30. The molecule has 1 heterocycles. The third kappa shape index (κ3) is 5.36. The lowest BCUT2D eigenvalue weighted by atomic mass is 10.2. The van der Waals surface area contributed by atoms with E-state index in [-0.39, 0.29) is 11.7 Å². The van der Waals surface area contributed by atoms with Gasteiger partial charge in [-0.3, -0.25) is 9.36 Å². The first kappa shape index (κ1) is 19.9. The molecule has 1 amide bonds. The summed E-state index contributed by atoms with van der Waals surface area (Å²) in [4.78, 5) is 12.1. The molecule has 1 aromatic heterocycles. The zero-order valence-electron chi connectivity index (χ0n) is 16.3. The minimum Gasteiger partial charge on any atom is -0.492 e. The molecule has 28 heavy (non-hydrogen) atoms. The van der Waals surface area contributed by atoms with E-state index < -0.39 is 0 Å². The van der Waals surface area contributed by atoms with Gasteiger partial charge in [0, 0.05) is 5.69 Å². The molecule has 0 radical (unpaired) electrons. The van der Waals surface area contributed by atoms with Crippen LogP contribution in [-0.2, 0) is 4.79 Å². The standard InChI is InChI=1S/C21H24N4O2S/c1-15-6-4-8-18(12-15)25-17(3)23-24-21(25)28-14-20(26)22-10-11-27-19-9-5-7-16(2)13-19/h4-9,12-13H,10-11,14H2,1-3H3,(H,22,26). The highest BCUT2D eigenvalue weighted by atomic mass is 32.2. The van der Waals surface area contributed by atoms with Gasteiger partial charge in [-0.15, -0.1) is 10.2 Å². The normalized spacial score (nSPS) is 10.7. The number of amides is 1. The molecule has 3 aromatic rings. The first-order valence-corrected chi connectivity index (χ1v) is 10.1. The van der Waals surface area contributed by atoms with Gasteiger partial charge < -0.3 is 10.1 Å². The average Bonchev–Trinajstić information content (AvgIpc) is 3.04. The molecule has 0 bridgehead atoms. The van der Waals surface area contributed by atoms with E-state index in [9.17, 15) is 4.79 Å². The average molecular weight is 397 g/mol. The molecule has 1 N–H and O–H groups in total. The van der Waals surface area contributed by atoms with Gasteiger partial charge in [-0.2, -0.15) is 0 Å². The predicted molar refractivity (Wildman–Crippen MR) is 111 cm³/mol. The summed E-state index contributed by atoms with van der Waals surface area (Å²) in [7, 11) is 0. The second-order valence-electron chi connectivity index (χ2n) is 6.51. The number of rotatable bonds is 8. The van der Waals surface area contributed by atoms with Crippen molar-refractivity contribution in [2.24, 2.45) is 0 Å². The lowest BCUT2D eigenvalue weighted by molar-refractivity contribution is -0.118. The van der Waals surface area contributed by atoms with Gasteiger partial charge in [-0.1, -0.05) is 36.0 Å². The van der Waals surface area contributed by atoms with Crippen LogP contribution in [0.2, 0.25) is 0 Å². The Balaban J connectivity index is 1.49. The van der Waals surface area contributed by atoms with Gasteiger partial charge in [0.2, 0.25) is 5.91 Å². The highest BCUT2D eigenvalue weighted by Gasteiger charge is 2.13. The van der Waals surface area contributed by atoms with Crippen molar-refractivity contribution in [3.63, 3.8) is 0 Å².